The van der Waals surface area contributed by atoms with Crippen LogP contribution < -0.4 is 15.8 Å². The van der Waals surface area contributed by atoms with Gasteiger partial charge in [-0.25, -0.2) is 4.39 Å². The largest absolute Gasteiger partial charge is 0.494 e. The zero-order valence-electron chi connectivity index (χ0n) is 13.1. The first-order valence-electron chi connectivity index (χ1n) is 7.31. The number of ether oxygens (including phenoxy) is 1. The van der Waals surface area contributed by atoms with Crippen LogP contribution in [0, 0.1) is 5.82 Å². The number of hydrogen-bond acceptors (Lipinski definition) is 3. The summed E-state index contributed by atoms with van der Waals surface area (Å²) >= 11 is 0. The van der Waals surface area contributed by atoms with Crippen LogP contribution in [-0.2, 0) is 4.79 Å². The Kier molecular flexibility index (Phi) is 5.68. The number of carbonyl (C=O) groups excluding carboxylic acids is 2. The Labute approximate surface area is 138 Å². The number of hydrogen-bond donors (Lipinski definition) is 2. The smallest absolute Gasteiger partial charge is 0.251 e. The Morgan fingerprint density at radius 2 is 1.92 bits per heavy atom. The Morgan fingerprint density at radius 3 is 2.54 bits per heavy atom. The Hall–Kier alpha value is -3.15. The van der Waals surface area contributed by atoms with Gasteiger partial charge in [0.15, 0.2) is 0 Å². The fraction of sp³-hybridized carbons (Fsp3) is 0.111. The van der Waals surface area contributed by atoms with Crippen molar-refractivity contribution in [3.05, 3.63) is 65.5 Å². The molecule has 6 heteroatoms. The number of amides is 2. The molecule has 0 aromatic heterocycles. The van der Waals surface area contributed by atoms with Gasteiger partial charge in [-0.05, 0) is 48.9 Å². The number of nitrogens with two attached hydrogens (primary N) is 1. The van der Waals surface area contributed by atoms with Gasteiger partial charge in [0.25, 0.3) is 5.91 Å². The highest BCUT2D eigenvalue weighted by molar-refractivity contribution is 6.03. The lowest BCUT2D eigenvalue weighted by molar-refractivity contribution is -0.111. The molecular formula is C18H17FN2O3. The third-order valence-corrected chi connectivity index (χ3v) is 3.12. The van der Waals surface area contributed by atoms with Crippen molar-refractivity contribution in [2.75, 3.05) is 11.9 Å². The predicted molar refractivity (Wildman–Crippen MR) is 90.2 cm³/mol. The topological polar surface area (TPSA) is 81.4 Å². The van der Waals surface area contributed by atoms with E-state index in [4.69, 9.17) is 10.5 Å². The number of rotatable bonds is 6. The normalized spacial score (nSPS) is 10.6. The molecule has 0 spiro atoms. The summed E-state index contributed by atoms with van der Waals surface area (Å²) in [6.45, 7) is 2.49. The second kappa shape index (κ2) is 7.92. The number of benzene rings is 2. The summed E-state index contributed by atoms with van der Waals surface area (Å²) < 4.78 is 18.7. The van der Waals surface area contributed by atoms with Crippen molar-refractivity contribution in [2.45, 2.75) is 6.92 Å². The molecule has 0 radical (unpaired) electrons. The van der Waals surface area contributed by atoms with Crippen molar-refractivity contribution in [3.63, 3.8) is 0 Å². The zero-order valence-corrected chi connectivity index (χ0v) is 13.1. The first kappa shape index (κ1) is 17.2. The van der Waals surface area contributed by atoms with Crippen LogP contribution in [0.1, 0.15) is 22.8 Å². The van der Waals surface area contributed by atoms with E-state index in [1.54, 1.807) is 18.2 Å². The summed E-state index contributed by atoms with van der Waals surface area (Å²) in [5.74, 6) is -1.28. The van der Waals surface area contributed by atoms with Crippen LogP contribution in [0.2, 0.25) is 0 Å². The van der Waals surface area contributed by atoms with Gasteiger partial charge < -0.3 is 15.8 Å². The van der Waals surface area contributed by atoms with Crippen LogP contribution in [0.4, 0.5) is 10.1 Å². The maximum atomic E-state index is 13.4. The summed E-state index contributed by atoms with van der Waals surface area (Å²) in [5, 5.41) is 2.54. The molecule has 2 aromatic rings. The molecule has 0 aliphatic carbocycles. The average molecular weight is 328 g/mol. The van der Waals surface area contributed by atoms with Crippen molar-refractivity contribution in [1.82, 2.24) is 0 Å². The first-order valence-corrected chi connectivity index (χ1v) is 7.31. The third-order valence-electron chi connectivity index (χ3n) is 3.12. The molecule has 2 amide bonds. The standard InChI is InChI=1S/C18H17FN2O3/c1-2-24-14-7-3-12(4-8-14)5-10-17(22)21-13-6-9-16(19)15(11-13)18(20)23/h3-11H,2H2,1H3,(H2,20,23)(H,21,22). The molecule has 0 saturated heterocycles. The Morgan fingerprint density at radius 1 is 1.21 bits per heavy atom. The van der Waals surface area contributed by atoms with Gasteiger partial charge in [-0.3, -0.25) is 9.59 Å². The fourth-order valence-corrected chi connectivity index (χ4v) is 1.99. The minimum absolute atomic E-state index is 0.275. The number of primary amides is 1. The number of carbonyl (C=O) groups is 2. The van der Waals surface area contributed by atoms with E-state index in [1.807, 2.05) is 19.1 Å². The molecule has 0 bridgehead atoms. The van der Waals surface area contributed by atoms with Crippen molar-refractivity contribution < 1.29 is 18.7 Å². The maximum Gasteiger partial charge on any atom is 0.251 e. The summed E-state index contributed by atoms with van der Waals surface area (Å²) in [4.78, 5) is 23.0. The molecule has 0 aliphatic rings. The van der Waals surface area contributed by atoms with E-state index in [0.717, 1.165) is 17.4 Å². The lowest BCUT2D eigenvalue weighted by Gasteiger charge is -2.05. The molecule has 24 heavy (non-hydrogen) atoms. The fourth-order valence-electron chi connectivity index (χ4n) is 1.99. The molecule has 124 valence electrons. The summed E-state index contributed by atoms with van der Waals surface area (Å²) in [5.41, 5.74) is 5.90. The van der Waals surface area contributed by atoms with Crippen molar-refractivity contribution in [2.24, 2.45) is 5.73 Å². The van der Waals surface area contributed by atoms with E-state index in [2.05, 4.69) is 5.32 Å². The maximum absolute atomic E-state index is 13.4. The van der Waals surface area contributed by atoms with E-state index in [1.165, 1.54) is 18.2 Å². The highest BCUT2D eigenvalue weighted by Crippen LogP contribution is 2.15. The van der Waals surface area contributed by atoms with Crippen LogP contribution in [0.3, 0.4) is 0 Å². The number of anilines is 1. The quantitative estimate of drug-likeness (QED) is 0.800. The van der Waals surface area contributed by atoms with Crippen LogP contribution in [0.5, 0.6) is 5.75 Å². The minimum atomic E-state index is -0.895. The van der Waals surface area contributed by atoms with E-state index >= 15 is 0 Å². The summed E-state index contributed by atoms with van der Waals surface area (Å²) in [6.07, 6.45) is 2.96. The van der Waals surface area contributed by atoms with Gasteiger partial charge in [0.05, 0.1) is 12.2 Å². The third kappa shape index (κ3) is 4.67. The van der Waals surface area contributed by atoms with E-state index in [9.17, 15) is 14.0 Å². The van der Waals surface area contributed by atoms with Crippen molar-refractivity contribution in [1.29, 1.82) is 0 Å². The highest BCUT2D eigenvalue weighted by atomic mass is 19.1. The lowest BCUT2D eigenvalue weighted by Crippen LogP contribution is -2.14. The predicted octanol–water partition coefficient (Wildman–Crippen LogP) is 2.98. The molecule has 5 nitrogen and oxygen atoms in total. The number of nitrogens with one attached hydrogen (secondary N) is 1. The highest BCUT2D eigenvalue weighted by Gasteiger charge is 2.09. The molecular weight excluding hydrogens is 311 g/mol. The van der Waals surface area contributed by atoms with E-state index in [-0.39, 0.29) is 11.3 Å². The summed E-state index contributed by atoms with van der Waals surface area (Å²) in [6, 6.07) is 10.9. The van der Waals surface area contributed by atoms with Gasteiger partial charge >= 0.3 is 0 Å². The van der Waals surface area contributed by atoms with Crippen LogP contribution in [0.15, 0.2) is 48.5 Å². The molecule has 2 rings (SSSR count). The molecule has 0 aliphatic heterocycles. The van der Waals surface area contributed by atoms with Crippen LogP contribution >= 0.6 is 0 Å². The Balaban J connectivity index is 2.02. The van der Waals surface area contributed by atoms with Crippen molar-refractivity contribution in [3.8, 4) is 5.75 Å². The molecule has 2 aromatic carbocycles. The lowest BCUT2D eigenvalue weighted by atomic mass is 10.1. The van der Waals surface area contributed by atoms with E-state index < -0.39 is 17.6 Å². The van der Waals surface area contributed by atoms with Gasteiger partial charge in [0.1, 0.15) is 11.6 Å². The molecule has 0 fully saturated rings. The molecule has 3 N–H and O–H groups in total. The van der Waals surface area contributed by atoms with E-state index in [0.29, 0.717) is 6.61 Å². The van der Waals surface area contributed by atoms with Crippen molar-refractivity contribution >= 4 is 23.6 Å². The first-order chi connectivity index (χ1) is 11.5. The molecule has 0 unspecified atom stereocenters. The van der Waals surface area contributed by atoms with Crippen LogP contribution in [-0.4, -0.2) is 18.4 Å². The second-order valence-corrected chi connectivity index (χ2v) is 4.88. The molecule has 0 atom stereocenters. The second-order valence-electron chi connectivity index (χ2n) is 4.88. The average Bonchev–Trinajstić information content (AvgIpc) is 2.56. The summed E-state index contributed by atoms with van der Waals surface area (Å²) in [7, 11) is 0. The van der Waals surface area contributed by atoms with Crippen LogP contribution in [0.25, 0.3) is 6.08 Å². The molecule has 0 saturated carbocycles. The van der Waals surface area contributed by atoms with Gasteiger partial charge in [-0.2, -0.15) is 0 Å². The number of halogens is 1. The SMILES string of the molecule is CCOc1ccc(C=CC(=O)Nc2ccc(F)c(C(N)=O)c2)cc1. The monoisotopic (exact) mass is 328 g/mol. The zero-order chi connectivity index (χ0) is 17.5. The van der Waals surface area contributed by atoms with Gasteiger partial charge in [-0.15, -0.1) is 0 Å². The Bertz CT molecular complexity index is 770. The minimum Gasteiger partial charge on any atom is -0.494 e. The molecule has 0 heterocycles. The van der Waals surface area contributed by atoms with Gasteiger partial charge in [0.2, 0.25) is 5.91 Å². The van der Waals surface area contributed by atoms with Gasteiger partial charge in [0, 0.05) is 11.8 Å². The van der Waals surface area contributed by atoms with Gasteiger partial charge in [-0.1, -0.05) is 12.1 Å².